The number of piperidine rings is 1. The van der Waals surface area contributed by atoms with Crippen molar-refractivity contribution in [2.24, 2.45) is 5.92 Å². The fourth-order valence-electron chi connectivity index (χ4n) is 3.53. The molecule has 0 spiro atoms. The van der Waals surface area contributed by atoms with Crippen LogP contribution in [0.25, 0.3) is 11.0 Å². The number of carbonyl (C=O) groups excluding carboxylic acids is 1. The predicted molar refractivity (Wildman–Crippen MR) is 102 cm³/mol. The van der Waals surface area contributed by atoms with Gasteiger partial charge < -0.3 is 10.1 Å². The molecular formula is C18H25N5O4S. The summed E-state index contributed by atoms with van der Waals surface area (Å²) < 4.78 is 34.4. The van der Waals surface area contributed by atoms with Gasteiger partial charge >= 0.3 is 0 Å². The highest BCUT2D eigenvalue weighted by molar-refractivity contribution is 7.89. The molecule has 2 aromatic rings. The van der Waals surface area contributed by atoms with Gasteiger partial charge in [0.05, 0.1) is 29.5 Å². The number of ether oxygens (including phenoxy) is 1. The minimum Gasteiger partial charge on any atom is -0.383 e. The van der Waals surface area contributed by atoms with Crippen molar-refractivity contribution >= 4 is 27.0 Å². The summed E-state index contributed by atoms with van der Waals surface area (Å²) in [5.74, 6) is -0.318. The van der Waals surface area contributed by atoms with Gasteiger partial charge in [-0.25, -0.2) is 13.1 Å². The number of nitrogens with one attached hydrogen (secondary N) is 1. The van der Waals surface area contributed by atoms with Crippen molar-refractivity contribution in [2.45, 2.75) is 43.2 Å². The van der Waals surface area contributed by atoms with Gasteiger partial charge in [-0.1, -0.05) is 5.21 Å². The first-order valence-electron chi connectivity index (χ1n) is 9.62. The van der Waals surface area contributed by atoms with E-state index in [-0.39, 0.29) is 29.3 Å². The Balaban J connectivity index is 1.52. The quantitative estimate of drug-likeness (QED) is 0.726. The van der Waals surface area contributed by atoms with Gasteiger partial charge in [0.1, 0.15) is 5.52 Å². The molecule has 1 atom stereocenters. The van der Waals surface area contributed by atoms with Crippen LogP contribution in [0.1, 0.15) is 25.7 Å². The molecule has 152 valence electrons. The lowest BCUT2D eigenvalue weighted by molar-refractivity contribution is -0.126. The Labute approximate surface area is 164 Å². The summed E-state index contributed by atoms with van der Waals surface area (Å²) in [6.07, 6.45) is 3.44. The molecule has 2 aliphatic rings. The zero-order valence-corrected chi connectivity index (χ0v) is 16.7. The van der Waals surface area contributed by atoms with Crippen molar-refractivity contribution in [3.05, 3.63) is 18.2 Å². The van der Waals surface area contributed by atoms with Crippen LogP contribution in [0.2, 0.25) is 0 Å². The topological polar surface area (TPSA) is 106 Å². The maximum absolute atomic E-state index is 13.1. The van der Waals surface area contributed by atoms with Crippen LogP contribution in [0.5, 0.6) is 0 Å². The average Bonchev–Trinajstić information content (AvgIpc) is 3.43. The van der Waals surface area contributed by atoms with Gasteiger partial charge in [-0.2, -0.15) is 4.31 Å². The molecule has 1 saturated carbocycles. The number of sulfonamides is 1. The first kappa shape index (κ1) is 19.3. The number of carbonyl (C=O) groups is 1. The van der Waals surface area contributed by atoms with Gasteiger partial charge in [-0.3, -0.25) is 4.79 Å². The minimum atomic E-state index is -3.69. The molecule has 0 bridgehead atoms. The van der Waals surface area contributed by atoms with Crippen molar-refractivity contribution in [2.75, 3.05) is 26.8 Å². The molecular weight excluding hydrogens is 382 g/mol. The molecule has 1 amide bonds. The van der Waals surface area contributed by atoms with Gasteiger partial charge in [0.25, 0.3) is 0 Å². The smallest absolute Gasteiger partial charge is 0.243 e. The Morgan fingerprint density at radius 1 is 1.32 bits per heavy atom. The van der Waals surface area contributed by atoms with Crippen molar-refractivity contribution in [3.63, 3.8) is 0 Å². The third-order valence-electron chi connectivity index (χ3n) is 5.31. The number of rotatable bonds is 7. The van der Waals surface area contributed by atoms with Crippen LogP contribution < -0.4 is 5.32 Å². The standard InChI is InChI=1S/C18H25N5O4S/c1-27-10-9-23-17-7-6-15(11-16(17)20-21-23)28(25,26)22-8-2-3-13(12-22)18(24)19-14-4-5-14/h6-7,11,13-14H,2-5,8-10,12H2,1H3,(H,19,24). The number of amides is 1. The molecule has 1 saturated heterocycles. The number of hydrogen-bond donors (Lipinski definition) is 1. The highest BCUT2D eigenvalue weighted by atomic mass is 32.2. The molecule has 1 aliphatic carbocycles. The molecule has 28 heavy (non-hydrogen) atoms. The second-order valence-corrected chi connectivity index (χ2v) is 9.38. The number of nitrogens with zero attached hydrogens (tertiary/aromatic N) is 4. The van der Waals surface area contributed by atoms with Crippen LogP contribution in [0.3, 0.4) is 0 Å². The van der Waals surface area contributed by atoms with Gasteiger partial charge in [-0.15, -0.1) is 5.10 Å². The van der Waals surface area contributed by atoms with Crippen molar-refractivity contribution in [1.29, 1.82) is 0 Å². The molecule has 1 N–H and O–H groups in total. The summed E-state index contributed by atoms with van der Waals surface area (Å²) in [5, 5.41) is 11.1. The van der Waals surface area contributed by atoms with Crippen LogP contribution in [0.15, 0.2) is 23.1 Å². The summed E-state index contributed by atoms with van der Waals surface area (Å²) >= 11 is 0. The van der Waals surface area contributed by atoms with E-state index in [9.17, 15) is 13.2 Å². The lowest BCUT2D eigenvalue weighted by atomic mass is 9.99. The zero-order valence-electron chi connectivity index (χ0n) is 15.9. The Bertz CT molecular complexity index is 970. The first-order valence-corrected chi connectivity index (χ1v) is 11.1. The molecule has 1 aromatic carbocycles. The fraction of sp³-hybridized carbons (Fsp3) is 0.611. The number of benzene rings is 1. The number of hydrogen-bond acceptors (Lipinski definition) is 6. The molecule has 4 rings (SSSR count). The summed E-state index contributed by atoms with van der Waals surface area (Å²) in [7, 11) is -2.08. The van der Waals surface area contributed by atoms with E-state index in [0.29, 0.717) is 31.6 Å². The zero-order chi connectivity index (χ0) is 19.7. The Morgan fingerprint density at radius 2 is 2.14 bits per heavy atom. The maximum Gasteiger partial charge on any atom is 0.243 e. The van der Waals surface area contributed by atoms with Crippen molar-refractivity contribution in [3.8, 4) is 0 Å². The van der Waals surface area contributed by atoms with Gasteiger partial charge in [0, 0.05) is 26.2 Å². The third kappa shape index (κ3) is 3.89. The van der Waals surface area contributed by atoms with E-state index >= 15 is 0 Å². The van der Waals surface area contributed by atoms with Crippen LogP contribution >= 0.6 is 0 Å². The molecule has 1 aliphatic heterocycles. The summed E-state index contributed by atoms with van der Waals surface area (Å²) in [6.45, 7) is 1.69. The Morgan fingerprint density at radius 3 is 2.89 bits per heavy atom. The molecule has 1 unspecified atom stereocenters. The van der Waals surface area contributed by atoms with Crippen LogP contribution in [0, 0.1) is 5.92 Å². The lowest BCUT2D eigenvalue weighted by Crippen LogP contribution is -2.45. The molecule has 0 radical (unpaired) electrons. The van der Waals surface area contributed by atoms with E-state index < -0.39 is 10.0 Å². The summed E-state index contributed by atoms with van der Waals surface area (Å²) in [5.41, 5.74) is 1.29. The van der Waals surface area contributed by atoms with Crippen molar-refractivity contribution < 1.29 is 17.9 Å². The Hall–Kier alpha value is -2.04. The van der Waals surface area contributed by atoms with Crippen molar-refractivity contribution in [1.82, 2.24) is 24.6 Å². The highest BCUT2D eigenvalue weighted by Crippen LogP contribution is 2.27. The van der Waals surface area contributed by atoms with Gasteiger partial charge in [-0.05, 0) is 43.9 Å². The van der Waals surface area contributed by atoms with E-state index in [1.54, 1.807) is 30.0 Å². The van der Waals surface area contributed by atoms with E-state index in [0.717, 1.165) is 24.8 Å². The molecule has 9 nitrogen and oxygen atoms in total. The monoisotopic (exact) mass is 407 g/mol. The minimum absolute atomic E-state index is 0.0288. The second-order valence-electron chi connectivity index (χ2n) is 7.44. The van der Waals surface area contributed by atoms with E-state index in [1.165, 1.54) is 4.31 Å². The molecule has 1 aromatic heterocycles. The van der Waals surface area contributed by atoms with E-state index in [2.05, 4.69) is 15.6 Å². The van der Waals surface area contributed by atoms with Gasteiger partial charge in [0.2, 0.25) is 15.9 Å². The lowest BCUT2D eigenvalue weighted by Gasteiger charge is -2.31. The van der Waals surface area contributed by atoms with Crippen LogP contribution in [-0.4, -0.2) is 66.5 Å². The molecule has 2 heterocycles. The second kappa shape index (κ2) is 7.76. The van der Waals surface area contributed by atoms with E-state index in [1.807, 2.05) is 0 Å². The number of aromatic nitrogens is 3. The fourth-order valence-corrected chi connectivity index (χ4v) is 5.07. The number of methoxy groups -OCH3 is 1. The van der Waals surface area contributed by atoms with Crippen LogP contribution in [-0.2, 0) is 26.1 Å². The van der Waals surface area contributed by atoms with Crippen LogP contribution in [0.4, 0.5) is 0 Å². The molecule has 10 heteroatoms. The van der Waals surface area contributed by atoms with Gasteiger partial charge in [0.15, 0.2) is 0 Å². The molecule has 2 fully saturated rings. The summed E-state index contributed by atoms with van der Waals surface area (Å²) in [4.78, 5) is 12.5. The number of fused-ring (bicyclic) bond motifs is 1. The highest BCUT2D eigenvalue weighted by Gasteiger charge is 2.35. The van der Waals surface area contributed by atoms with E-state index in [4.69, 9.17) is 4.74 Å². The summed E-state index contributed by atoms with van der Waals surface area (Å²) in [6, 6.07) is 5.13. The first-order chi connectivity index (χ1) is 13.5. The average molecular weight is 407 g/mol. The third-order valence-corrected chi connectivity index (χ3v) is 7.17. The Kier molecular flexibility index (Phi) is 5.35. The predicted octanol–water partition coefficient (Wildman–Crippen LogP) is 0.757. The maximum atomic E-state index is 13.1. The normalized spacial score (nSPS) is 21.1. The SMILES string of the molecule is COCCn1nnc2cc(S(=O)(=O)N3CCCC(C(=O)NC4CC4)C3)ccc21. The largest absolute Gasteiger partial charge is 0.383 e.